The Kier molecular flexibility index (Phi) is 7.90. The van der Waals surface area contributed by atoms with Gasteiger partial charge in [-0.3, -0.25) is 4.57 Å². The van der Waals surface area contributed by atoms with Crippen molar-refractivity contribution in [3.8, 4) is 5.75 Å². The number of unbranched alkanes of at least 4 members (excludes halogenated alkanes) is 4. The number of nitrogens with one attached hydrogen (secondary N) is 1. The van der Waals surface area contributed by atoms with E-state index in [1.807, 2.05) is 24.3 Å². The van der Waals surface area contributed by atoms with Crippen LogP contribution in [0.15, 0.2) is 53.7 Å². The van der Waals surface area contributed by atoms with Gasteiger partial charge in [0, 0.05) is 16.3 Å². The second kappa shape index (κ2) is 11.1. The van der Waals surface area contributed by atoms with Crippen LogP contribution in [0, 0.1) is 0 Å². The largest absolute Gasteiger partial charge is 0.462 e. The predicted octanol–water partition coefficient (Wildman–Crippen LogP) is 7.09. The molecule has 6 nitrogen and oxygen atoms in total. The lowest BCUT2D eigenvalue weighted by atomic mass is 9.94. The summed E-state index contributed by atoms with van der Waals surface area (Å²) in [5, 5.41) is 3.51. The summed E-state index contributed by atoms with van der Waals surface area (Å²) in [6.45, 7) is 1.12. The van der Waals surface area contributed by atoms with Gasteiger partial charge in [0.25, 0.3) is 0 Å². The van der Waals surface area contributed by atoms with Crippen LogP contribution in [-0.2, 0) is 9.53 Å². The number of imidazole rings is 1. The van der Waals surface area contributed by atoms with Crippen molar-refractivity contribution >= 4 is 34.6 Å². The molecule has 186 valence electrons. The highest BCUT2D eigenvalue weighted by Crippen LogP contribution is 2.43. The number of alkyl halides is 2. The molecule has 0 saturated heterocycles. The van der Waals surface area contributed by atoms with Crippen LogP contribution in [0.1, 0.15) is 57.6 Å². The summed E-state index contributed by atoms with van der Waals surface area (Å²) in [4.78, 5) is 18.0. The fourth-order valence-corrected chi connectivity index (χ4v) is 4.59. The molecule has 0 fully saturated rings. The Labute approximate surface area is 207 Å². The van der Waals surface area contributed by atoms with Crippen molar-refractivity contribution < 1.29 is 23.0 Å². The van der Waals surface area contributed by atoms with E-state index in [-0.39, 0.29) is 17.9 Å². The van der Waals surface area contributed by atoms with Gasteiger partial charge < -0.3 is 14.8 Å². The maximum absolute atomic E-state index is 13.4. The molecule has 0 aliphatic carbocycles. The molecule has 2 aromatic carbocycles. The van der Waals surface area contributed by atoms with E-state index in [1.54, 1.807) is 17.6 Å². The molecule has 0 radical (unpaired) electrons. The number of nitrogens with zero attached hydrogens (tertiary/aromatic N) is 2. The van der Waals surface area contributed by atoms with Crippen molar-refractivity contribution in [1.29, 1.82) is 0 Å². The summed E-state index contributed by atoms with van der Waals surface area (Å²) in [5.74, 6) is -0.118. The highest BCUT2D eigenvalue weighted by Gasteiger charge is 2.37. The summed E-state index contributed by atoms with van der Waals surface area (Å²) in [6.07, 6.45) is 5.08. The number of para-hydroxylation sites is 2. The van der Waals surface area contributed by atoms with Crippen molar-refractivity contribution in [2.45, 2.75) is 58.6 Å². The molecule has 0 bridgehead atoms. The van der Waals surface area contributed by atoms with E-state index in [1.165, 1.54) is 12.1 Å². The van der Waals surface area contributed by atoms with E-state index in [9.17, 15) is 13.6 Å². The fraction of sp³-hybridized carbons (Fsp3) is 0.385. The zero-order valence-corrected chi connectivity index (χ0v) is 20.4. The molecule has 3 aromatic rings. The second-order valence-corrected chi connectivity index (χ2v) is 8.91. The van der Waals surface area contributed by atoms with Crippen LogP contribution in [-0.4, -0.2) is 28.7 Å². The number of benzene rings is 2. The summed E-state index contributed by atoms with van der Waals surface area (Å²) in [5.41, 5.74) is 2.54. The number of ether oxygens (including phenoxy) is 2. The smallest absolute Gasteiger partial charge is 0.387 e. The first kappa shape index (κ1) is 25.0. The van der Waals surface area contributed by atoms with Gasteiger partial charge in [-0.1, -0.05) is 56.3 Å². The number of esters is 1. The third kappa shape index (κ3) is 5.42. The molecule has 1 aromatic heterocycles. The lowest BCUT2D eigenvalue weighted by Crippen LogP contribution is -2.29. The molecule has 1 aliphatic heterocycles. The maximum Gasteiger partial charge on any atom is 0.387 e. The molecular weight excluding hydrogens is 476 g/mol. The number of carbonyl (C=O) groups excluding carboxylic acids is 1. The van der Waals surface area contributed by atoms with Crippen molar-refractivity contribution in [1.82, 2.24) is 9.55 Å². The quantitative estimate of drug-likeness (QED) is 0.236. The molecule has 0 amide bonds. The SMILES string of the molecule is CCCCCCCOC(=O)C1=C(C)Nc2nc3ccccc3n2[C@H]1c1cc(Cl)ccc1OC(F)F. The molecule has 0 saturated carbocycles. The van der Waals surface area contributed by atoms with Crippen LogP contribution in [0.25, 0.3) is 11.0 Å². The summed E-state index contributed by atoms with van der Waals surface area (Å²) >= 11 is 6.28. The van der Waals surface area contributed by atoms with Crippen molar-refractivity contribution in [3.05, 3.63) is 64.3 Å². The van der Waals surface area contributed by atoms with Crippen molar-refractivity contribution in [2.75, 3.05) is 11.9 Å². The first-order chi connectivity index (χ1) is 16.9. The maximum atomic E-state index is 13.4. The number of anilines is 1. The third-order valence-corrected chi connectivity index (χ3v) is 6.25. The van der Waals surface area contributed by atoms with Crippen LogP contribution in [0.2, 0.25) is 5.02 Å². The summed E-state index contributed by atoms with van der Waals surface area (Å²) in [6, 6.07) is 11.0. The second-order valence-electron chi connectivity index (χ2n) is 8.47. The molecule has 2 heterocycles. The van der Waals surface area contributed by atoms with Crippen LogP contribution in [0.5, 0.6) is 5.75 Å². The van der Waals surface area contributed by atoms with Crippen molar-refractivity contribution in [3.63, 3.8) is 0 Å². The molecule has 1 atom stereocenters. The van der Waals surface area contributed by atoms with E-state index >= 15 is 0 Å². The Morgan fingerprint density at radius 1 is 1.17 bits per heavy atom. The standard InChI is InChI=1S/C26H28ClF2N3O3/c1-3-4-5-6-9-14-34-24(33)22-16(2)30-26-31-19-10-7-8-11-20(19)32(26)23(22)18-15-17(27)12-13-21(18)35-25(28)29/h7-8,10-13,15,23,25H,3-6,9,14H2,1-2H3,(H,30,31)/t23-/m0/s1. The fourth-order valence-electron chi connectivity index (χ4n) is 4.41. The summed E-state index contributed by atoms with van der Waals surface area (Å²) in [7, 11) is 0. The Balaban J connectivity index is 1.77. The minimum Gasteiger partial charge on any atom is -0.462 e. The van der Waals surface area contributed by atoms with Gasteiger partial charge in [-0.15, -0.1) is 0 Å². The number of halogens is 3. The first-order valence-electron chi connectivity index (χ1n) is 11.8. The average Bonchev–Trinajstić information content (AvgIpc) is 3.19. The number of allylic oxidation sites excluding steroid dienone is 1. The molecular formula is C26H28ClF2N3O3. The average molecular weight is 504 g/mol. The highest BCUT2D eigenvalue weighted by molar-refractivity contribution is 6.30. The first-order valence-corrected chi connectivity index (χ1v) is 12.1. The Morgan fingerprint density at radius 2 is 1.94 bits per heavy atom. The van der Waals surface area contributed by atoms with Gasteiger partial charge >= 0.3 is 12.6 Å². The highest BCUT2D eigenvalue weighted by atomic mass is 35.5. The van der Waals surface area contributed by atoms with Gasteiger partial charge in [-0.25, -0.2) is 9.78 Å². The number of fused-ring (bicyclic) bond motifs is 3. The van der Waals surface area contributed by atoms with Crippen LogP contribution in [0.3, 0.4) is 0 Å². The number of hydrogen-bond donors (Lipinski definition) is 1. The number of rotatable bonds is 10. The molecule has 0 spiro atoms. The van der Waals surface area contributed by atoms with Crippen LogP contribution >= 0.6 is 11.6 Å². The van der Waals surface area contributed by atoms with E-state index in [2.05, 4.69) is 17.2 Å². The lowest BCUT2D eigenvalue weighted by Gasteiger charge is -2.31. The van der Waals surface area contributed by atoms with Gasteiger partial charge in [-0.2, -0.15) is 8.78 Å². The number of aromatic nitrogens is 2. The minimum atomic E-state index is -3.04. The Hall–Kier alpha value is -3.13. The van der Waals surface area contributed by atoms with Gasteiger partial charge in [0.2, 0.25) is 5.95 Å². The zero-order chi connectivity index (χ0) is 24.9. The molecule has 35 heavy (non-hydrogen) atoms. The van der Waals surface area contributed by atoms with E-state index < -0.39 is 18.6 Å². The monoisotopic (exact) mass is 503 g/mol. The van der Waals surface area contributed by atoms with Crippen LogP contribution in [0.4, 0.5) is 14.7 Å². The minimum absolute atomic E-state index is 0.0716. The third-order valence-electron chi connectivity index (χ3n) is 6.01. The predicted molar refractivity (Wildman–Crippen MR) is 132 cm³/mol. The van der Waals surface area contributed by atoms with Crippen LogP contribution < -0.4 is 10.1 Å². The van der Waals surface area contributed by atoms with Crippen molar-refractivity contribution in [2.24, 2.45) is 0 Å². The number of carbonyl (C=O) groups is 1. The van der Waals surface area contributed by atoms with E-state index in [4.69, 9.17) is 21.1 Å². The van der Waals surface area contributed by atoms with Gasteiger partial charge in [0.1, 0.15) is 5.75 Å². The molecule has 9 heteroatoms. The Morgan fingerprint density at radius 3 is 2.71 bits per heavy atom. The van der Waals surface area contributed by atoms with E-state index in [0.29, 0.717) is 27.7 Å². The topological polar surface area (TPSA) is 65.4 Å². The van der Waals surface area contributed by atoms with Gasteiger partial charge in [0.15, 0.2) is 0 Å². The summed E-state index contributed by atoms with van der Waals surface area (Å²) < 4.78 is 38.9. The Bertz CT molecular complexity index is 1240. The molecule has 4 rings (SSSR count). The van der Waals surface area contributed by atoms with Gasteiger partial charge in [0.05, 0.1) is 29.3 Å². The van der Waals surface area contributed by atoms with Gasteiger partial charge in [-0.05, 0) is 43.7 Å². The molecule has 0 unspecified atom stereocenters. The molecule has 1 aliphatic rings. The molecule has 1 N–H and O–H groups in total. The normalized spacial score (nSPS) is 15.3. The van der Waals surface area contributed by atoms with E-state index in [0.717, 1.165) is 37.6 Å². The number of hydrogen-bond acceptors (Lipinski definition) is 5. The lowest BCUT2D eigenvalue weighted by molar-refractivity contribution is -0.139. The zero-order valence-electron chi connectivity index (χ0n) is 19.7.